The Kier molecular flexibility index (Phi) is 3.05. The molecule has 0 aliphatic rings. The molecule has 0 aromatic heterocycles. The monoisotopic (exact) mass is 174 g/mol. The van der Waals surface area contributed by atoms with Crippen LogP contribution in [-0.2, 0) is 0 Å². The fourth-order valence-corrected chi connectivity index (χ4v) is 1.38. The molecule has 1 aromatic rings. The van der Waals surface area contributed by atoms with E-state index in [9.17, 15) is 0 Å². The summed E-state index contributed by atoms with van der Waals surface area (Å²) in [5, 5.41) is 8.86. The summed E-state index contributed by atoms with van der Waals surface area (Å²) in [6.07, 6.45) is 0. The minimum absolute atomic E-state index is 0.167. The first-order chi connectivity index (χ1) is 6.19. The van der Waals surface area contributed by atoms with Crippen LogP contribution in [0.15, 0.2) is 18.2 Å². The quantitative estimate of drug-likeness (QED) is 0.744. The van der Waals surface area contributed by atoms with E-state index in [2.05, 4.69) is 6.07 Å². The number of nitriles is 1. The number of nitrogens with zero attached hydrogens (tertiary/aromatic N) is 1. The first-order valence-corrected chi connectivity index (χ1v) is 4.36. The summed E-state index contributed by atoms with van der Waals surface area (Å²) in [6.45, 7) is 4.42. The zero-order valence-electron chi connectivity index (χ0n) is 8.04. The lowest BCUT2D eigenvalue weighted by molar-refractivity contribution is 0.853. The Labute approximate surface area is 79.0 Å². The van der Waals surface area contributed by atoms with Crippen LogP contribution in [0.5, 0.6) is 0 Å². The zero-order valence-corrected chi connectivity index (χ0v) is 8.04. The summed E-state index contributed by atoms with van der Waals surface area (Å²) in [7, 11) is 0. The van der Waals surface area contributed by atoms with E-state index in [-0.39, 0.29) is 5.92 Å². The summed E-state index contributed by atoms with van der Waals surface area (Å²) in [6, 6.07) is 8.33. The second-order valence-corrected chi connectivity index (χ2v) is 3.28. The number of hydrogen-bond acceptors (Lipinski definition) is 2. The van der Waals surface area contributed by atoms with Gasteiger partial charge in [0.2, 0.25) is 0 Å². The summed E-state index contributed by atoms with van der Waals surface area (Å²) < 4.78 is 0. The normalized spacial score (nSPS) is 12.2. The highest BCUT2D eigenvalue weighted by atomic mass is 14.5. The Balaban J connectivity index is 3.13. The lowest BCUT2D eigenvalue weighted by atomic mass is 9.94. The van der Waals surface area contributed by atoms with Gasteiger partial charge in [-0.15, -0.1) is 0 Å². The van der Waals surface area contributed by atoms with Crippen LogP contribution in [0.3, 0.4) is 0 Å². The molecule has 1 rings (SSSR count). The predicted octanol–water partition coefficient (Wildman–Crippen LogP) is 1.87. The van der Waals surface area contributed by atoms with Gasteiger partial charge in [0.25, 0.3) is 0 Å². The van der Waals surface area contributed by atoms with Crippen LogP contribution in [0.4, 0.5) is 0 Å². The molecule has 0 saturated heterocycles. The van der Waals surface area contributed by atoms with Crippen molar-refractivity contribution in [1.82, 2.24) is 0 Å². The van der Waals surface area contributed by atoms with E-state index >= 15 is 0 Å². The molecule has 0 spiro atoms. The summed E-state index contributed by atoms with van der Waals surface area (Å²) in [5.41, 5.74) is 8.89. The van der Waals surface area contributed by atoms with E-state index in [1.165, 1.54) is 5.56 Å². The second kappa shape index (κ2) is 4.06. The fraction of sp³-hybridized carbons (Fsp3) is 0.364. The summed E-state index contributed by atoms with van der Waals surface area (Å²) in [5.74, 6) is -0.167. The number of aryl methyl sites for hydroxylation is 2. The van der Waals surface area contributed by atoms with Gasteiger partial charge in [0.05, 0.1) is 12.0 Å². The molecule has 13 heavy (non-hydrogen) atoms. The standard InChI is InChI=1S/C11H14N2/c1-8-3-4-9(2)11(5-8)10(6-12)7-13/h3-5,10H,6,12H2,1-2H3. The van der Waals surface area contributed by atoms with E-state index in [0.717, 1.165) is 11.1 Å². The van der Waals surface area contributed by atoms with Crippen molar-refractivity contribution >= 4 is 0 Å². The van der Waals surface area contributed by atoms with E-state index in [1.807, 2.05) is 32.0 Å². The molecule has 0 fully saturated rings. The van der Waals surface area contributed by atoms with Crippen molar-refractivity contribution in [3.05, 3.63) is 34.9 Å². The average molecular weight is 174 g/mol. The highest BCUT2D eigenvalue weighted by molar-refractivity contribution is 5.36. The van der Waals surface area contributed by atoms with Crippen molar-refractivity contribution in [2.45, 2.75) is 19.8 Å². The Bertz CT molecular complexity index is 336. The van der Waals surface area contributed by atoms with E-state index < -0.39 is 0 Å². The maximum absolute atomic E-state index is 8.86. The number of rotatable bonds is 2. The first-order valence-electron chi connectivity index (χ1n) is 4.36. The Hall–Kier alpha value is -1.33. The zero-order chi connectivity index (χ0) is 9.84. The fourth-order valence-electron chi connectivity index (χ4n) is 1.38. The van der Waals surface area contributed by atoms with Gasteiger partial charge in [0.1, 0.15) is 0 Å². The molecule has 2 N–H and O–H groups in total. The predicted molar refractivity (Wildman–Crippen MR) is 53.3 cm³/mol. The highest BCUT2D eigenvalue weighted by Gasteiger charge is 2.10. The minimum Gasteiger partial charge on any atom is -0.329 e. The topological polar surface area (TPSA) is 49.8 Å². The molecular formula is C11H14N2. The van der Waals surface area contributed by atoms with Crippen molar-refractivity contribution in [2.24, 2.45) is 5.73 Å². The third-order valence-electron chi connectivity index (χ3n) is 2.20. The maximum Gasteiger partial charge on any atom is 0.0837 e. The van der Waals surface area contributed by atoms with E-state index in [1.54, 1.807) is 0 Å². The van der Waals surface area contributed by atoms with Crippen LogP contribution in [0.2, 0.25) is 0 Å². The number of benzene rings is 1. The summed E-state index contributed by atoms with van der Waals surface area (Å²) in [4.78, 5) is 0. The molecule has 1 unspecified atom stereocenters. The lowest BCUT2D eigenvalue weighted by Gasteiger charge is -2.10. The molecular weight excluding hydrogens is 160 g/mol. The lowest BCUT2D eigenvalue weighted by Crippen LogP contribution is -2.11. The van der Waals surface area contributed by atoms with Crippen molar-refractivity contribution < 1.29 is 0 Å². The van der Waals surface area contributed by atoms with Gasteiger partial charge in [0.15, 0.2) is 0 Å². The third kappa shape index (κ3) is 2.07. The Morgan fingerprint density at radius 3 is 2.69 bits per heavy atom. The van der Waals surface area contributed by atoms with Crippen LogP contribution in [0.1, 0.15) is 22.6 Å². The van der Waals surface area contributed by atoms with Crippen LogP contribution in [0.25, 0.3) is 0 Å². The molecule has 0 aliphatic carbocycles. The van der Waals surface area contributed by atoms with Gasteiger partial charge < -0.3 is 5.73 Å². The van der Waals surface area contributed by atoms with Crippen LogP contribution in [0, 0.1) is 25.2 Å². The van der Waals surface area contributed by atoms with Gasteiger partial charge in [-0.1, -0.05) is 23.8 Å². The molecule has 1 atom stereocenters. The van der Waals surface area contributed by atoms with Crippen molar-refractivity contribution in [3.8, 4) is 6.07 Å². The highest BCUT2D eigenvalue weighted by Crippen LogP contribution is 2.19. The van der Waals surface area contributed by atoms with Crippen LogP contribution in [-0.4, -0.2) is 6.54 Å². The molecule has 68 valence electrons. The van der Waals surface area contributed by atoms with Crippen LogP contribution < -0.4 is 5.73 Å². The average Bonchev–Trinajstić information content (AvgIpc) is 2.13. The molecule has 0 amide bonds. The van der Waals surface area contributed by atoms with Gasteiger partial charge >= 0.3 is 0 Å². The molecule has 0 radical (unpaired) electrons. The smallest absolute Gasteiger partial charge is 0.0837 e. The van der Waals surface area contributed by atoms with Crippen molar-refractivity contribution in [1.29, 1.82) is 5.26 Å². The molecule has 0 saturated carbocycles. The van der Waals surface area contributed by atoms with Gasteiger partial charge in [-0.05, 0) is 25.0 Å². The third-order valence-corrected chi connectivity index (χ3v) is 2.20. The first kappa shape index (κ1) is 9.76. The van der Waals surface area contributed by atoms with Crippen molar-refractivity contribution in [3.63, 3.8) is 0 Å². The van der Waals surface area contributed by atoms with Gasteiger partial charge in [-0.25, -0.2) is 0 Å². The second-order valence-electron chi connectivity index (χ2n) is 3.28. The largest absolute Gasteiger partial charge is 0.329 e. The Morgan fingerprint density at radius 2 is 2.15 bits per heavy atom. The summed E-state index contributed by atoms with van der Waals surface area (Å²) >= 11 is 0. The molecule has 0 bridgehead atoms. The molecule has 1 aromatic carbocycles. The van der Waals surface area contributed by atoms with Crippen LogP contribution >= 0.6 is 0 Å². The minimum atomic E-state index is -0.167. The SMILES string of the molecule is Cc1ccc(C)c(C(C#N)CN)c1. The van der Waals surface area contributed by atoms with Gasteiger partial charge in [0, 0.05) is 6.54 Å². The number of nitrogens with two attached hydrogens (primary N) is 1. The number of hydrogen-bond donors (Lipinski definition) is 1. The van der Waals surface area contributed by atoms with E-state index in [4.69, 9.17) is 11.0 Å². The van der Waals surface area contributed by atoms with E-state index in [0.29, 0.717) is 6.54 Å². The molecule has 0 heterocycles. The maximum atomic E-state index is 8.86. The Morgan fingerprint density at radius 1 is 1.46 bits per heavy atom. The molecule has 2 nitrogen and oxygen atoms in total. The van der Waals surface area contributed by atoms with Gasteiger partial charge in [-0.2, -0.15) is 5.26 Å². The van der Waals surface area contributed by atoms with Gasteiger partial charge in [-0.3, -0.25) is 0 Å². The molecule has 0 aliphatic heterocycles. The van der Waals surface area contributed by atoms with Crippen molar-refractivity contribution in [2.75, 3.05) is 6.54 Å². The molecule has 2 heteroatoms.